The van der Waals surface area contributed by atoms with Crippen molar-refractivity contribution in [2.24, 2.45) is 56.7 Å². The highest BCUT2D eigenvalue weighted by atomic mass is 16.5. The van der Waals surface area contributed by atoms with Crippen LogP contribution in [-0.2, 0) is 14.3 Å². The number of piperazine rings is 1. The van der Waals surface area contributed by atoms with Crippen molar-refractivity contribution >= 4 is 11.9 Å². The maximum atomic E-state index is 14.4. The maximum Gasteiger partial charge on any atom is 0.312 e. The van der Waals surface area contributed by atoms with Crippen molar-refractivity contribution in [1.82, 2.24) is 9.80 Å². The number of nitrogens with zero attached hydrogens (tertiary/aromatic N) is 2. The number of fused-ring (bicyclic) bond motifs is 7. The first-order valence-corrected chi connectivity index (χ1v) is 19.5. The van der Waals surface area contributed by atoms with Crippen LogP contribution in [0.2, 0.25) is 0 Å². The highest BCUT2D eigenvalue weighted by Crippen LogP contribution is 2.75. The number of hydrogen-bond acceptors (Lipinski definition) is 5. The number of esters is 1. The Labute approximate surface area is 291 Å². The Morgan fingerprint density at radius 3 is 2.40 bits per heavy atom. The lowest BCUT2D eigenvalue weighted by atomic mass is 9.33. The van der Waals surface area contributed by atoms with Crippen LogP contribution < -0.4 is 0 Å². The van der Waals surface area contributed by atoms with E-state index in [4.69, 9.17) is 4.74 Å². The van der Waals surface area contributed by atoms with Gasteiger partial charge < -0.3 is 14.7 Å². The van der Waals surface area contributed by atoms with Crippen molar-refractivity contribution in [2.75, 3.05) is 39.3 Å². The van der Waals surface area contributed by atoms with Gasteiger partial charge in [0, 0.05) is 39.1 Å². The van der Waals surface area contributed by atoms with E-state index < -0.39 is 5.41 Å². The molecule has 48 heavy (non-hydrogen) atoms. The molecule has 10 unspecified atom stereocenters. The van der Waals surface area contributed by atoms with Gasteiger partial charge >= 0.3 is 5.97 Å². The second-order valence-electron chi connectivity index (χ2n) is 18.4. The Kier molecular flexibility index (Phi) is 9.72. The summed E-state index contributed by atoms with van der Waals surface area (Å²) in [7, 11) is 0. The lowest BCUT2D eigenvalue weighted by molar-refractivity contribution is -0.207. The molecule has 5 aliphatic carbocycles. The number of rotatable bonds is 7. The van der Waals surface area contributed by atoms with E-state index in [9.17, 15) is 14.7 Å². The number of ether oxygens (including phenoxy) is 1. The predicted molar refractivity (Wildman–Crippen MR) is 193 cm³/mol. The van der Waals surface area contributed by atoms with E-state index in [0.717, 1.165) is 77.7 Å². The van der Waals surface area contributed by atoms with Crippen LogP contribution in [-0.4, -0.2) is 72.2 Å². The van der Waals surface area contributed by atoms with E-state index >= 15 is 0 Å². The van der Waals surface area contributed by atoms with Crippen molar-refractivity contribution in [3.63, 3.8) is 0 Å². The van der Waals surface area contributed by atoms with Gasteiger partial charge in [0.25, 0.3) is 0 Å². The smallest absolute Gasteiger partial charge is 0.312 e. The monoisotopic (exact) mass is 663 g/mol. The van der Waals surface area contributed by atoms with E-state index in [1.807, 2.05) is 17.1 Å². The summed E-state index contributed by atoms with van der Waals surface area (Å²) in [5.74, 6) is 2.62. The van der Waals surface area contributed by atoms with Crippen LogP contribution in [0.15, 0.2) is 36.5 Å². The van der Waals surface area contributed by atoms with Crippen LogP contribution in [0.25, 0.3) is 0 Å². The fourth-order valence-electron chi connectivity index (χ4n) is 12.9. The molecule has 1 saturated heterocycles. The first kappa shape index (κ1) is 35.9. The minimum absolute atomic E-state index is 0.0444. The molecular weight excluding hydrogens is 596 g/mol. The fraction of sp³-hybridized carbons (Fsp3) is 0.810. The van der Waals surface area contributed by atoms with Crippen LogP contribution in [0.3, 0.4) is 0 Å². The zero-order valence-corrected chi connectivity index (χ0v) is 31.4. The molecule has 0 bridgehead atoms. The summed E-state index contributed by atoms with van der Waals surface area (Å²) in [6.07, 6.45) is 17.8. The summed E-state index contributed by atoms with van der Waals surface area (Å²) < 4.78 is 6.30. The molecule has 10 atom stereocenters. The Morgan fingerprint density at radius 1 is 0.958 bits per heavy atom. The summed E-state index contributed by atoms with van der Waals surface area (Å²) in [6, 6.07) is 0. The molecule has 0 radical (unpaired) electrons. The van der Waals surface area contributed by atoms with E-state index in [-0.39, 0.29) is 45.6 Å². The number of aliphatic hydroxyl groups is 1. The zero-order valence-electron chi connectivity index (χ0n) is 31.4. The maximum absolute atomic E-state index is 14.4. The summed E-state index contributed by atoms with van der Waals surface area (Å²) in [6.45, 7) is 25.2. The molecule has 1 N–H and O–H groups in total. The molecule has 5 fully saturated rings. The Balaban J connectivity index is 1.17. The van der Waals surface area contributed by atoms with E-state index in [2.05, 4.69) is 66.0 Å². The second-order valence-corrected chi connectivity index (χ2v) is 18.4. The van der Waals surface area contributed by atoms with E-state index in [1.54, 1.807) is 11.6 Å². The molecule has 0 aromatic heterocycles. The quantitative estimate of drug-likeness (QED) is 0.171. The third-order valence-electron chi connectivity index (χ3n) is 16.3. The molecule has 0 spiro atoms. The van der Waals surface area contributed by atoms with E-state index in [1.165, 1.54) is 12.8 Å². The highest BCUT2D eigenvalue weighted by Gasteiger charge is 2.69. The van der Waals surface area contributed by atoms with Gasteiger partial charge in [0.15, 0.2) is 0 Å². The molecule has 1 heterocycles. The van der Waals surface area contributed by atoms with Gasteiger partial charge in [-0.05, 0) is 109 Å². The lowest BCUT2D eigenvalue weighted by Crippen LogP contribution is -2.65. The lowest BCUT2D eigenvalue weighted by Gasteiger charge is -2.71. The molecule has 0 aromatic carbocycles. The van der Waals surface area contributed by atoms with Gasteiger partial charge in [-0.2, -0.15) is 0 Å². The molecule has 6 rings (SSSR count). The molecule has 6 heteroatoms. The summed E-state index contributed by atoms with van der Waals surface area (Å²) in [5, 5.41) is 11.1. The number of carbonyl (C=O) groups is 2. The first-order valence-electron chi connectivity index (χ1n) is 19.5. The van der Waals surface area contributed by atoms with Gasteiger partial charge in [-0.3, -0.25) is 14.5 Å². The van der Waals surface area contributed by atoms with Gasteiger partial charge in [0.1, 0.15) is 6.61 Å². The van der Waals surface area contributed by atoms with Crippen molar-refractivity contribution in [1.29, 1.82) is 0 Å². The minimum Gasteiger partial charge on any atom is -0.464 e. The summed E-state index contributed by atoms with van der Waals surface area (Å²) in [5.41, 5.74) is 1.59. The Bertz CT molecular complexity index is 1310. The third kappa shape index (κ3) is 5.49. The highest BCUT2D eigenvalue weighted by molar-refractivity contribution is 5.79. The average Bonchev–Trinajstić information content (AvgIpc) is 3.05. The minimum atomic E-state index is -0.428. The van der Waals surface area contributed by atoms with Crippen molar-refractivity contribution in [3.8, 4) is 0 Å². The largest absolute Gasteiger partial charge is 0.464 e. The zero-order chi connectivity index (χ0) is 34.7. The Hall–Kier alpha value is -1.92. The Morgan fingerprint density at radius 2 is 1.69 bits per heavy atom. The molecular formula is C42H66N2O4. The van der Waals surface area contributed by atoms with Gasteiger partial charge in [0.05, 0.1) is 11.5 Å². The first-order chi connectivity index (χ1) is 22.7. The van der Waals surface area contributed by atoms with E-state index in [0.29, 0.717) is 36.7 Å². The summed E-state index contributed by atoms with van der Waals surface area (Å²) in [4.78, 5) is 31.2. The van der Waals surface area contributed by atoms with Gasteiger partial charge in [-0.15, -0.1) is 0 Å². The van der Waals surface area contributed by atoms with Crippen molar-refractivity contribution in [2.45, 2.75) is 119 Å². The molecule has 0 aromatic rings. The van der Waals surface area contributed by atoms with Crippen molar-refractivity contribution < 1.29 is 19.4 Å². The normalized spacial score (nSPS) is 44.1. The molecule has 4 saturated carbocycles. The standard InChI is InChI=1S/C42H66N2O4/c1-9-10-11-12-35(46)44-25-23-43(24-26-44)27-28-48-37(47)42-20-15-29(2)30(3)36(42)31-13-14-33-39(6)18-17-34(45)38(4,5)32(39)16-19-41(33,8)40(31,7)21-22-42/h9-11,13,29-30,32-34,36,45H,1,12,14-28H2,2-8H3/b11-10+. The average molecular weight is 663 g/mol. The van der Waals surface area contributed by atoms with Crippen LogP contribution in [0.1, 0.15) is 113 Å². The number of amides is 1. The van der Waals surface area contributed by atoms with Crippen LogP contribution in [0.4, 0.5) is 0 Å². The van der Waals surface area contributed by atoms with Crippen LogP contribution in [0, 0.1) is 56.7 Å². The van der Waals surface area contributed by atoms with Crippen LogP contribution >= 0.6 is 0 Å². The van der Waals surface area contributed by atoms with Gasteiger partial charge in [-0.25, -0.2) is 0 Å². The predicted octanol–water partition coefficient (Wildman–Crippen LogP) is 7.82. The van der Waals surface area contributed by atoms with Crippen LogP contribution in [0.5, 0.6) is 0 Å². The number of hydrogen-bond donors (Lipinski definition) is 1. The molecule has 6 aliphatic rings. The molecule has 6 nitrogen and oxygen atoms in total. The number of carbonyl (C=O) groups excluding carboxylic acids is 2. The third-order valence-corrected chi connectivity index (χ3v) is 16.3. The van der Waals surface area contributed by atoms with Gasteiger partial charge in [-0.1, -0.05) is 84.9 Å². The summed E-state index contributed by atoms with van der Waals surface area (Å²) >= 11 is 0. The fourth-order valence-corrected chi connectivity index (χ4v) is 12.9. The number of allylic oxidation sites excluding steroid dienone is 4. The SMILES string of the molecule is C=C/C=C/CC(=O)N1CCN(CCOC(=O)C23CCC(C)C(C)C2C2=CCC4C5(C)CCC(O)C(C)(C)C5CCC4(C)C2(C)CC3)CC1. The molecule has 1 aliphatic heterocycles. The molecule has 1 amide bonds. The van der Waals surface area contributed by atoms with Gasteiger partial charge in [0.2, 0.25) is 5.91 Å². The molecule has 268 valence electrons. The second kappa shape index (κ2) is 13.0. The number of aliphatic hydroxyl groups excluding tert-OH is 1. The van der Waals surface area contributed by atoms with Crippen molar-refractivity contribution in [3.05, 3.63) is 36.5 Å². The topological polar surface area (TPSA) is 70.1 Å².